The molecule has 15 heavy (non-hydrogen) atoms. The van der Waals surface area contributed by atoms with Crippen molar-refractivity contribution < 1.29 is 19.4 Å². The van der Waals surface area contributed by atoms with Crippen LogP contribution in [0.25, 0.3) is 0 Å². The predicted molar refractivity (Wildman–Crippen MR) is 51.2 cm³/mol. The van der Waals surface area contributed by atoms with E-state index in [0.29, 0.717) is 17.3 Å². The maximum Gasteiger partial charge on any atom is 0.311 e. The monoisotopic (exact) mass is 212 g/mol. The van der Waals surface area contributed by atoms with Crippen molar-refractivity contribution in [2.24, 2.45) is 0 Å². The molecule has 1 rings (SSSR count). The molecule has 0 fully saturated rings. The molecular weight excluding hydrogens is 200 g/mol. The van der Waals surface area contributed by atoms with Crippen LogP contribution in [0.4, 0.5) is 0 Å². The molecule has 1 heterocycles. The molecule has 6 nitrogen and oxygen atoms in total. The number of rotatable bonds is 4. The third-order valence-electron chi connectivity index (χ3n) is 1.80. The number of ether oxygens (including phenoxy) is 2. The van der Waals surface area contributed by atoms with Gasteiger partial charge in [-0.1, -0.05) is 0 Å². The topological polar surface area (TPSA) is 81.5 Å². The van der Waals surface area contributed by atoms with Crippen LogP contribution >= 0.6 is 0 Å². The van der Waals surface area contributed by atoms with Crippen LogP contribution in [0.15, 0.2) is 0 Å². The summed E-state index contributed by atoms with van der Waals surface area (Å²) in [5.41, 5.74) is 0.647. The van der Waals surface area contributed by atoms with E-state index in [1.54, 1.807) is 6.92 Å². The van der Waals surface area contributed by atoms with Crippen molar-refractivity contribution in [1.29, 1.82) is 0 Å². The third-order valence-corrected chi connectivity index (χ3v) is 1.80. The first kappa shape index (κ1) is 11.2. The van der Waals surface area contributed by atoms with Crippen molar-refractivity contribution in [3.05, 3.63) is 11.4 Å². The van der Waals surface area contributed by atoms with Gasteiger partial charge in [-0.3, -0.25) is 4.79 Å². The van der Waals surface area contributed by atoms with Crippen LogP contribution in [-0.4, -0.2) is 35.3 Å². The first-order chi connectivity index (χ1) is 7.08. The fourth-order valence-corrected chi connectivity index (χ4v) is 1.13. The molecule has 1 N–H and O–H groups in total. The van der Waals surface area contributed by atoms with Crippen LogP contribution < -0.4 is 9.47 Å². The van der Waals surface area contributed by atoms with E-state index in [0.717, 1.165) is 0 Å². The number of aromatic nitrogens is 2. The lowest BCUT2D eigenvalue weighted by molar-refractivity contribution is -0.136. The summed E-state index contributed by atoms with van der Waals surface area (Å²) in [6.45, 7) is 1.74. The van der Waals surface area contributed by atoms with E-state index in [-0.39, 0.29) is 12.2 Å². The molecule has 0 radical (unpaired) electrons. The van der Waals surface area contributed by atoms with E-state index in [1.165, 1.54) is 14.2 Å². The average molecular weight is 212 g/mol. The number of carboxylic acid groups (broad SMARTS) is 1. The number of hydrogen-bond donors (Lipinski definition) is 1. The summed E-state index contributed by atoms with van der Waals surface area (Å²) in [6, 6.07) is 0. The molecule has 0 spiro atoms. The summed E-state index contributed by atoms with van der Waals surface area (Å²) in [6.07, 6.45) is -0.257. The van der Waals surface area contributed by atoms with Crippen molar-refractivity contribution in [2.75, 3.05) is 14.2 Å². The standard InChI is InChI=1S/C9H12N2O4/c1-5-8(14-2)10-6(4-7(12)13)11-9(5)15-3/h4H2,1-3H3,(H,12,13). The predicted octanol–water partition coefficient (Wildman–Crippen LogP) is 0.429. The normalized spacial score (nSPS) is 9.80. The molecule has 0 atom stereocenters. The number of carbonyl (C=O) groups is 1. The zero-order chi connectivity index (χ0) is 11.4. The first-order valence-corrected chi connectivity index (χ1v) is 4.25. The van der Waals surface area contributed by atoms with E-state index in [9.17, 15) is 4.79 Å². The first-order valence-electron chi connectivity index (χ1n) is 4.25. The highest BCUT2D eigenvalue weighted by atomic mass is 16.5. The molecule has 0 aliphatic rings. The molecule has 0 saturated carbocycles. The largest absolute Gasteiger partial charge is 0.481 e. The minimum atomic E-state index is -0.997. The molecule has 0 amide bonds. The van der Waals surface area contributed by atoms with Gasteiger partial charge in [-0.15, -0.1) is 0 Å². The van der Waals surface area contributed by atoms with Crippen LogP contribution in [0.1, 0.15) is 11.4 Å². The maximum atomic E-state index is 10.5. The van der Waals surface area contributed by atoms with Crippen LogP contribution in [0, 0.1) is 6.92 Å². The fourth-order valence-electron chi connectivity index (χ4n) is 1.13. The molecule has 0 bridgehead atoms. The van der Waals surface area contributed by atoms with E-state index in [2.05, 4.69) is 9.97 Å². The molecule has 0 unspecified atom stereocenters. The van der Waals surface area contributed by atoms with Gasteiger partial charge in [0.2, 0.25) is 11.8 Å². The van der Waals surface area contributed by atoms with E-state index in [1.807, 2.05) is 0 Å². The number of carboxylic acids is 1. The Balaban J connectivity index is 3.14. The quantitative estimate of drug-likeness (QED) is 0.779. The van der Waals surface area contributed by atoms with Crippen LogP contribution in [0.3, 0.4) is 0 Å². The maximum absolute atomic E-state index is 10.5. The van der Waals surface area contributed by atoms with Gasteiger partial charge in [0, 0.05) is 0 Å². The van der Waals surface area contributed by atoms with Gasteiger partial charge in [0.1, 0.15) is 12.2 Å². The van der Waals surface area contributed by atoms with Gasteiger partial charge in [0.05, 0.1) is 19.8 Å². The zero-order valence-electron chi connectivity index (χ0n) is 8.77. The van der Waals surface area contributed by atoms with Gasteiger partial charge in [0.15, 0.2) is 0 Å². The average Bonchev–Trinajstić information content (AvgIpc) is 2.19. The Morgan fingerprint density at radius 2 is 1.73 bits per heavy atom. The number of aliphatic carboxylic acids is 1. The lowest BCUT2D eigenvalue weighted by Gasteiger charge is -2.09. The summed E-state index contributed by atoms with van der Waals surface area (Å²) in [5.74, 6) is -0.166. The highest BCUT2D eigenvalue weighted by Gasteiger charge is 2.13. The van der Waals surface area contributed by atoms with Crippen LogP contribution in [-0.2, 0) is 11.2 Å². The van der Waals surface area contributed by atoms with Crippen molar-refractivity contribution in [3.63, 3.8) is 0 Å². The van der Waals surface area contributed by atoms with Gasteiger partial charge in [0.25, 0.3) is 0 Å². The van der Waals surface area contributed by atoms with Crippen molar-refractivity contribution in [2.45, 2.75) is 13.3 Å². The highest BCUT2D eigenvalue weighted by molar-refractivity contribution is 5.69. The molecule has 6 heteroatoms. The second-order valence-electron chi connectivity index (χ2n) is 2.85. The van der Waals surface area contributed by atoms with E-state index >= 15 is 0 Å². The molecule has 1 aromatic rings. The third kappa shape index (κ3) is 2.55. The minimum Gasteiger partial charge on any atom is -0.481 e. The van der Waals surface area contributed by atoms with Gasteiger partial charge in [-0.2, -0.15) is 9.97 Å². The van der Waals surface area contributed by atoms with Crippen LogP contribution in [0.5, 0.6) is 11.8 Å². The number of methoxy groups -OCH3 is 2. The lowest BCUT2D eigenvalue weighted by atomic mass is 10.3. The Morgan fingerprint density at radius 1 is 1.27 bits per heavy atom. The lowest BCUT2D eigenvalue weighted by Crippen LogP contribution is -2.08. The number of nitrogens with zero attached hydrogens (tertiary/aromatic N) is 2. The van der Waals surface area contributed by atoms with Crippen LogP contribution in [0.2, 0.25) is 0 Å². The fraction of sp³-hybridized carbons (Fsp3) is 0.444. The summed E-state index contributed by atoms with van der Waals surface area (Å²) < 4.78 is 9.97. The number of hydrogen-bond acceptors (Lipinski definition) is 5. The molecule has 0 aliphatic carbocycles. The van der Waals surface area contributed by atoms with Crippen molar-refractivity contribution in [3.8, 4) is 11.8 Å². The van der Waals surface area contributed by atoms with Gasteiger partial charge in [-0.05, 0) is 6.92 Å². The zero-order valence-corrected chi connectivity index (χ0v) is 8.77. The van der Waals surface area contributed by atoms with E-state index in [4.69, 9.17) is 14.6 Å². The Morgan fingerprint density at radius 3 is 2.07 bits per heavy atom. The molecule has 0 aromatic carbocycles. The molecule has 82 valence electrons. The molecule has 1 aromatic heterocycles. The SMILES string of the molecule is COc1nc(CC(=O)O)nc(OC)c1C. The second-order valence-corrected chi connectivity index (χ2v) is 2.85. The van der Waals surface area contributed by atoms with E-state index < -0.39 is 5.97 Å². The summed E-state index contributed by atoms with van der Waals surface area (Å²) in [4.78, 5) is 18.4. The Hall–Kier alpha value is -1.85. The van der Waals surface area contributed by atoms with Gasteiger partial charge in [-0.25, -0.2) is 0 Å². The van der Waals surface area contributed by atoms with Gasteiger partial charge < -0.3 is 14.6 Å². The molecular formula is C9H12N2O4. The van der Waals surface area contributed by atoms with Gasteiger partial charge >= 0.3 is 5.97 Å². The smallest absolute Gasteiger partial charge is 0.311 e. The molecule has 0 aliphatic heterocycles. The molecule has 0 saturated heterocycles. The van der Waals surface area contributed by atoms with Crippen molar-refractivity contribution in [1.82, 2.24) is 9.97 Å². The Kier molecular flexibility index (Phi) is 3.43. The minimum absolute atomic E-state index is 0.168. The Labute approximate surface area is 86.9 Å². The second kappa shape index (κ2) is 4.59. The highest BCUT2D eigenvalue weighted by Crippen LogP contribution is 2.23. The van der Waals surface area contributed by atoms with Crippen molar-refractivity contribution >= 4 is 5.97 Å². The summed E-state index contributed by atoms with van der Waals surface area (Å²) in [5, 5.41) is 8.60. The Bertz CT molecular complexity index is 353. The summed E-state index contributed by atoms with van der Waals surface area (Å²) in [7, 11) is 2.92. The summed E-state index contributed by atoms with van der Waals surface area (Å²) >= 11 is 0.